The summed E-state index contributed by atoms with van der Waals surface area (Å²) < 4.78 is 108. The molecule has 2 fully saturated rings. The van der Waals surface area contributed by atoms with Gasteiger partial charge in [-0.1, -0.05) is 25.0 Å². The first-order chi connectivity index (χ1) is 16.3. The van der Waals surface area contributed by atoms with Crippen molar-refractivity contribution in [3.05, 3.63) is 48.2 Å². The minimum atomic E-state index is -4.69. The number of rotatable bonds is 5. The van der Waals surface area contributed by atoms with E-state index in [0.29, 0.717) is 22.3 Å². The fourth-order valence-corrected chi connectivity index (χ4v) is 6.16. The number of halogens is 6. The van der Waals surface area contributed by atoms with Gasteiger partial charge in [-0.2, -0.15) is 31.1 Å². The molecule has 35 heavy (non-hydrogen) atoms. The minimum absolute atomic E-state index is 0.0262. The van der Waals surface area contributed by atoms with Crippen molar-refractivity contribution >= 4 is 21.1 Å². The Hall–Kier alpha value is -2.60. The molecule has 0 spiro atoms. The molecule has 5 nitrogen and oxygen atoms in total. The smallest absolute Gasteiger partial charge is 0.322 e. The van der Waals surface area contributed by atoms with Crippen molar-refractivity contribution in [1.82, 2.24) is 14.3 Å². The Kier molecular flexibility index (Phi) is 5.48. The van der Waals surface area contributed by atoms with Crippen LogP contribution in [0.25, 0.3) is 22.3 Å². The highest BCUT2D eigenvalue weighted by Crippen LogP contribution is 2.49. The van der Waals surface area contributed by atoms with E-state index in [0.717, 1.165) is 37.9 Å². The molecule has 2 aromatic heterocycles. The lowest BCUT2D eigenvalue weighted by molar-refractivity contribution is -0.160. The Morgan fingerprint density at radius 2 is 1.60 bits per heavy atom. The first kappa shape index (κ1) is 24.1. The van der Waals surface area contributed by atoms with Gasteiger partial charge in [0.1, 0.15) is 11.2 Å². The lowest BCUT2D eigenvalue weighted by Gasteiger charge is -2.21. The summed E-state index contributed by atoms with van der Waals surface area (Å²) in [5.74, 6) is 0. The van der Waals surface area contributed by atoms with Gasteiger partial charge in [0.15, 0.2) is 0 Å². The molecule has 2 saturated carbocycles. The Morgan fingerprint density at radius 1 is 0.971 bits per heavy atom. The Balaban J connectivity index is 1.53. The van der Waals surface area contributed by atoms with E-state index in [2.05, 4.69) is 4.98 Å². The van der Waals surface area contributed by atoms with Gasteiger partial charge in [0.05, 0.1) is 16.2 Å². The molecule has 3 aromatic rings. The van der Waals surface area contributed by atoms with Crippen molar-refractivity contribution in [2.24, 2.45) is 0 Å². The fraction of sp³-hybridized carbons (Fsp3) is 0.435. The number of aromatic nitrogens is 2. The van der Waals surface area contributed by atoms with Gasteiger partial charge in [-0.3, -0.25) is 0 Å². The van der Waals surface area contributed by atoms with Crippen LogP contribution < -0.4 is 4.72 Å². The molecule has 2 aliphatic rings. The van der Waals surface area contributed by atoms with Gasteiger partial charge >= 0.3 is 12.4 Å². The molecule has 0 unspecified atom stereocenters. The summed E-state index contributed by atoms with van der Waals surface area (Å²) in [5.41, 5.74) is -1.80. The highest BCUT2D eigenvalue weighted by Gasteiger charge is 2.65. The van der Waals surface area contributed by atoms with Crippen molar-refractivity contribution < 1.29 is 34.8 Å². The molecule has 0 radical (unpaired) electrons. The lowest BCUT2D eigenvalue weighted by Crippen LogP contribution is -2.47. The highest BCUT2D eigenvalue weighted by atomic mass is 32.2. The number of sulfonamides is 1. The van der Waals surface area contributed by atoms with Gasteiger partial charge < -0.3 is 4.57 Å². The molecular weight excluding hydrogens is 496 g/mol. The molecule has 1 aromatic carbocycles. The standard InChI is InChI=1S/C23H21F6N3O2S/c24-22(25,26)16-11-15-12-19(32(20(15)30-13-16)17-3-1-2-4-17)14-5-7-18(8-6-14)35(33,34)31-21(9-10-21)23(27,28)29/h5-8,11-13,17,31H,1-4,9-10H2. The maximum Gasteiger partial charge on any atom is 0.417 e. The monoisotopic (exact) mass is 517 g/mol. The number of hydrogen-bond donors (Lipinski definition) is 1. The van der Waals surface area contributed by atoms with Gasteiger partial charge in [-0.15, -0.1) is 0 Å². The summed E-state index contributed by atoms with van der Waals surface area (Å²) >= 11 is 0. The van der Waals surface area contributed by atoms with E-state index < -0.39 is 33.5 Å². The van der Waals surface area contributed by atoms with E-state index in [1.165, 1.54) is 24.3 Å². The summed E-state index contributed by atoms with van der Waals surface area (Å²) in [6.07, 6.45) is -5.48. The molecule has 0 bridgehead atoms. The second-order valence-corrected chi connectivity index (χ2v) is 10.9. The summed E-state index contributed by atoms with van der Waals surface area (Å²) in [4.78, 5) is 3.77. The quantitative estimate of drug-likeness (QED) is 0.410. The number of pyridine rings is 1. The normalized spacial score (nSPS) is 18.9. The van der Waals surface area contributed by atoms with Crippen LogP contribution in [0.5, 0.6) is 0 Å². The molecule has 12 heteroatoms. The number of nitrogens with zero attached hydrogens (tertiary/aromatic N) is 2. The zero-order valence-corrected chi connectivity index (χ0v) is 19.1. The van der Waals surface area contributed by atoms with Crippen LogP contribution in [0.15, 0.2) is 47.5 Å². The molecule has 0 saturated heterocycles. The molecule has 2 aliphatic carbocycles. The van der Waals surface area contributed by atoms with E-state index in [9.17, 15) is 34.8 Å². The SMILES string of the molecule is O=S(=O)(NC1(C(F)(F)F)CC1)c1ccc(-c2cc3cc(C(F)(F)F)cnc3n2C2CCCC2)cc1. The average Bonchev–Trinajstić information content (AvgIpc) is 3.20. The van der Waals surface area contributed by atoms with Crippen LogP contribution in [-0.4, -0.2) is 29.7 Å². The summed E-state index contributed by atoms with van der Waals surface area (Å²) in [6, 6.07) is 7.95. The van der Waals surface area contributed by atoms with Crippen LogP contribution in [0.1, 0.15) is 50.1 Å². The molecule has 0 aliphatic heterocycles. The Morgan fingerprint density at radius 3 is 2.14 bits per heavy atom. The third kappa shape index (κ3) is 4.31. The van der Waals surface area contributed by atoms with E-state index in [1.807, 2.05) is 4.57 Å². The topological polar surface area (TPSA) is 64.0 Å². The van der Waals surface area contributed by atoms with Gasteiger partial charge in [-0.05, 0) is 55.5 Å². The zero-order chi connectivity index (χ0) is 25.2. The highest BCUT2D eigenvalue weighted by molar-refractivity contribution is 7.89. The fourth-order valence-electron chi connectivity index (χ4n) is 4.71. The molecule has 1 N–H and O–H groups in total. The number of hydrogen-bond acceptors (Lipinski definition) is 3. The largest absolute Gasteiger partial charge is 0.417 e. The number of benzene rings is 1. The molecule has 2 heterocycles. The van der Waals surface area contributed by atoms with E-state index in [4.69, 9.17) is 0 Å². The molecular formula is C23H21F6N3O2S. The van der Waals surface area contributed by atoms with Crippen LogP contribution in [-0.2, 0) is 16.2 Å². The summed E-state index contributed by atoms with van der Waals surface area (Å²) in [7, 11) is -4.42. The Labute approximate surface area is 197 Å². The van der Waals surface area contributed by atoms with Crippen LogP contribution in [0, 0.1) is 0 Å². The second-order valence-electron chi connectivity index (χ2n) is 9.18. The van der Waals surface area contributed by atoms with Crippen molar-refractivity contribution in [1.29, 1.82) is 0 Å². The summed E-state index contributed by atoms with van der Waals surface area (Å²) in [6.45, 7) is 0. The maximum absolute atomic E-state index is 13.2. The van der Waals surface area contributed by atoms with Crippen LogP contribution in [0.2, 0.25) is 0 Å². The Bertz CT molecular complexity index is 1370. The maximum atomic E-state index is 13.2. The molecule has 0 atom stereocenters. The number of fused-ring (bicyclic) bond motifs is 1. The number of alkyl halides is 6. The molecule has 5 rings (SSSR count). The molecule has 0 amide bonds. The van der Waals surface area contributed by atoms with E-state index in [-0.39, 0.29) is 23.8 Å². The first-order valence-corrected chi connectivity index (χ1v) is 12.6. The van der Waals surface area contributed by atoms with Crippen molar-refractivity contribution in [3.8, 4) is 11.3 Å². The van der Waals surface area contributed by atoms with Crippen molar-refractivity contribution in [2.45, 2.75) is 67.4 Å². The van der Waals surface area contributed by atoms with Gasteiger partial charge in [0.2, 0.25) is 10.0 Å². The van der Waals surface area contributed by atoms with Gasteiger partial charge in [0.25, 0.3) is 0 Å². The second kappa shape index (κ2) is 7.95. The predicted octanol–water partition coefficient (Wildman–Crippen LogP) is 6.21. The van der Waals surface area contributed by atoms with Crippen molar-refractivity contribution in [2.75, 3.05) is 0 Å². The number of nitrogens with one attached hydrogen (secondary N) is 1. The van der Waals surface area contributed by atoms with Crippen LogP contribution >= 0.6 is 0 Å². The first-order valence-electron chi connectivity index (χ1n) is 11.1. The lowest BCUT2D eigenvalue weighted by atomic mass is 10.1. The van der Waals surface area contributed by atoms with Gasteiger partial charge in [-0.25, -0.2) is 13.4 Å². The van der Waals surface area contributed by atoms with Crippen molar-refractivity contribution in [3.63, 3.8) is 0 Å². The van der Waals surface area contributed by atoms with Crippen LogP contribution in [0.4, 0.5) is 26.3 Å². The third-order valence-electron chi connectivity index (χ3n) is 6.77. The predicted molar refractivity (Wildman–Crippen MR) is 116 cm³/mol. The van der Waals surface area contributed by atoms with E-state index in [1.54, 1.807) is 10.8 Å². The van der Waals surface area contributed by atoms with Gasteiger partial charge in [0, 0.05) is 17.6 Å². The zero-order valence-electron chi connectivity index (χ0n) is 18.2. The third-order valence-corrected chi connectivity index (χ3v) is 8.33. The average molecular weight is 517 g/mol. The molecule has 188 valence electrons. The van der Waals surface area contributed by atoms with Crippen LogP contribution in [0.3, 0.4) is 0 Å². The van der Waals surface area contributed by atoms with E-state index >= 15 is 0 Å². The summed E-state index contributed by atoms with van der Waals surface area (Å²) in [5, 5.41) is 0.306. The minimum Gasteiger partial charge on any atom is -0.322 e.